The highest BCUT2D eigenvalue weighted by Crippen LogP contribution is 2.32. The maximum atomic E-state index is 12.1. The standard InChI is InChI=1S/C22H25N3O/c1-4-16-8-7-9-17(12-16)14-22(23,5-2)19-11-10-18-15-25(6-3)21(26)24-20(18)13-19/h1,7-13H,5-6,14-15,23H2,2-3H3,(H,24,26). The number of carbonyl (C=O) groups is 1. The number of carbonyl (C=O) groups excluding carboxylic acids is 1. The van der Waals surface area contributed by atoms with Gasteiger partial charge in [0.15, 0.2) is 0 Å². The van der Waals surface area contributed by atoms with E-state index in [4.69, 9.17) is 12.2 Å². The van der Waals surface area contributed by atoms with Crippen LogP contribution in [-0.2, 0) is 18.5 Å². The van der Waals surface area contributed by atoms with E-state index in [9.17, 15) is 4.79 Å². The number of terminal acetylenes is 1. The van der Waals surface area contributed by atoms with Crippen LogP contribution in [0.4, 0.5) is 10.5 Å². The molecule has 26 heavy (non-hydrogen) atoms. The third-order valence-electron chi connectivity index (χ3n) is 5.20. The number of anilines is 1. The Bertz CT molecular complexity index is 868. The summed E-state index contributed by atoms with van der Waals surface area (Å²) in [5.41, 5.74) is 11.2. The van der Waals surface area contributed by atoms with Crippen molar-refractivity contribution in [2.75, 3.05) is 11.9 Å². The topological polar surface area (TPSA) is 58.4 Å². The second-order valence-electron chi connectivity index (χ2n) is 6.85. The molecule has 4 nitrogen and oxygen atoms in total. The monoisotopic (exact) mass is 347 g/mol. The lowest BCUT2D eigenvalue weighted by Crippen LogP contribution is -2.40. The van der Waals surface area contributed by atoms with E-state index < -0.39 is 5.54 Å². The molecule has 0 radical (unpaired) electrons. The molecule has 0 aliphatic carbocycles. The number of fused-ring (bicyclic) bond motifs is 1. The van der Waals surface area contributed by atoms with Crippen LogP contribution in [0, 0.1) is 12.3 Å². The Labute approximate surface area is 155 Å². The van der Waals surface area contributed by atoms with Gasteiger partial charge >= 0.3 is 6.03 Å². The van der Waals surface area contributed by atoms with Crippen molar-refractivity contribution in [3.63, 3.8) is 0 Å². The Morgan fingerprint density at radius 3 is 2.77 bits per heavy atom. The van der Waals surface area contributed by atoms with Gasteiger partial charge in [0.2, 0.25) is 0 Å². The van der Waals surface area contributed by atoms with E-state index in [0.29, 0.717) is 19.5 Å². The molecule has 0 bridgehead atoms. The summed E-state index contributed by atoms with van der Waals surface area (Å²) in [6.07, 6.45) is 6.98. The summed E-state index contributed by atoms with van der Waals surface area (Å²) in [5, 5.41) is 2.98. The van der Waals surface area contributed by atoms with Gasteiger partial charge in [0.25, 0.3) is 0 Å². The fourth-order valence-corrected chi connectivity index (χ4v) is 3.43. The number of nitrogens with two attached hydrogens (primary N) is 1. The molecule has 0 saturated heterocycles. The first-order valence-corrected chi connectivity index (χ1v) is 9.03. The summed E-state index contributed by atoms with van der Waals surface area (Å²) < 4.78 is 0. The van der Waals surface area contributed by atoms with Crippen molar-refractivity contribution in [1.29, 1.82) is 0 Å². The Balaban J connectivity index is 1.91. The van der Waals surface area contributed by atoms with E-state index in [2.05, 4.69) is 36.4 Å². The molecular weight excluding hydrogens is 322 g/mol. The minimum atomic E-state index is -0.519. The highest BCUT2D eigenvalue weighted by Gasteiger charge is 2.28. The molecule has 2 aromatic rings. The first-order chi connectivity index (χ1) is 12.5. The molecule has 1 heterocycles. The SMILES string of the molecule is C#Cc1cccc(CC(N)(CC)c2ccc3c(c2)NC(=O)N(CC)C3)c1. The van der Waals surface area contributed by atoms with E-state index >= 15 is 0 Å². The number of amides is 2. The van der Waals surface area contributed by atoms with Gasteiger partial charge in [0, 0.05) is 29.9 Å². The molecule has 134 valence electrons. The molecule has 1 atom stereocenters. The maximum absolute atomic E-state index is 12.1. The number of rotatable bonds is 5. The predicted octanol–water partition coefficient (Wildman–Crippen LogP) is 3.84. The molecular formula is C22H25N3O. The second-order valence-corrected chi connectivity index (χ2v) is 6.85. The van der Waals surface area contributed by atoms with Crippen molar-refractivity contribution in [3.05, 3.63) is 64.7 Å². The Morgan fingerprint density at radius 2 is 2.08 bits per heavy atom. The molecule has 0 saturated carbocycles. The van der Waals surface area contributed by atoms with Crippen LogP contribution in [0.15, 0.2) is 42.5 Å². The van der Waals surface area contributed by atoms with E-state index in [-0.39, 0.29) is 6.03 Å². The number of urea groups is 1. The van der Waals surface area contributed by atoms with Crippen LogP contribution in [0.5, 0.6) is 0 Å². The lowest BCUT2D eigenvalue weighted by molar-refractivity contribution is 0.209. The Morgan fingerprint density at radius 1 is 1.27 bits per heavy atom. The summed E-state index contributed by atoms with van der Waals surface area (Å²) in [4.78, 5) is 13.9. The molecule has 0 aromatic heterocycles. The summed E-state index contributed by atoms with van der Waals surface area (Å²) in [5.74, 6) is 2.67. The zero-order chi connectivity index (χ0) is 18.7. The normalized spacial score (nSPS) is 15.6. The largest absolute Gasteiger partial charge is 0.322 e. The molecule has 2 amide bonds. The smallest absolute Gasteiger partial charge is 0.321 e. The Hall–Kier alpha value is -2.77. The van der Waals surface area contributed by atoms with Crippen molar-refractivity contribution in [3.8, 4) is 12.3 Å². The number of benzene rings is 2. The molecule has 3 N–H and O–H groups in total. The van der Waals surface area contributed by atoms with Gasteiger partial charge in [-0.3, -0.25) is 0 Å². The van der Waals surface area contributed by atoms with Gasteiger partial charge in [-0.05, 0) is 54.7 Å². The van der Waals surface area contributed by atoms with Gasteiger partial charge in [-0.2, -0.15) is 0 Å². The van der Waals surface area contributed by atoms with E-state index in [0.717, 1.165) is 34.4 Å². The van der Waals surface area contributed by atoms with Crippen molar-refractivity contribution in [2.24, 2.45) is 5.73 Å². The summed E-state index contributed by atoms with van der Waals surface area (Å²) in [6, 6.07) is 14.1. The zero-order valence-corrected chi connectivity index (χ0v) is 15.4. The van der Waals surface area contributed by atoms with Crippen LogP contribution in [0.3, 0.4) is 0 Å². The second kappa shape index (κ2) is 7.23. The zero-order valence-electron chi connectivity index (χ0n) is 15.4. The molecule has 0 fully saturated rings. The van der Waals surface area contributed by atoms with Crippen LogP contribution in [0.1, 0.15) is 42.5 Å². The van der Waals surface area contributed by atoms with E-state index in [1.165, 1.54) is 0 Å². The first-order valence-electron chi connectivity index (χ1n) is 9.03. The van der Waals surface area contributed by atoms with Gasteiger partial charge < -0.3 is 16.0 Å². The maximum Gasteiger partial charge on any atom is 0.322 e. The average molecular weight is 347 g/mol. The summed E-state index contributed by atoms with van der Waals surface area (Å²) >= 11 is 0. The molecule has 4 heteroatoms. The van der Waals surface area contributed by atoms with Crippen LogP contribution < -0.4 is 11.1 Å². The molecule has 1 unspecified atom stereocenters. The van der Waals surface area contributed by atoms with Crippen LogP contribution in [-0.4, -0.2) is 17.5 Å². The van der Waals surface area contributed by atoms with Gasteiger partial charge in [0.05, 0.1) is 0 Å². The highest BCUT2D eigenvalue weighted by atomic mass is 16.2. The minimum absolute atomic E-state index is 0.0574. The minimum Gasteiger partial charge on any atom is -0.321 e. The molecule has 1 aliphatic rings. The van der Waals surface area contributed by atoms with Crippen LogP contribution in [0.2, 0.25) is 0 Å². The summed E-state index contributed by atoms with van der Waals surface area (Å²) in [7, 11) is 0. The highest BCUT2D eigenvalue weighted by molar-refractivity contribution is 5.92. The predicted molar refractivity (Wildman–Crippen MR) is 106 cm³/mol. The van der Waals surface area contributed by atoms with Gasteiger partial charge in [0.1, 0.15) is 0 Å². The lowest BCUT2D eigenvalue weighted by Gasteiger charge is -2.33. The molecule has 3 rings (SSSR count). The lowest BCUT2D eigenvalue weighted by atomic mass is 9.81. The van der Waals surface area contributed by atoms with Crippen LogP contribution >= 0.6 is 0 Å². The van der Waals surface area contributed by atoms with Gasteiger partial charge in [-0.15, -0.1) is 6.42 Å². The van der Waals surface area contributed by atoms with E-state index in [1.54, 1.807) is 4.90 Å². The third kappa shape index (κ3) is 3.44. The van der Waals surface area contributed by atoms with Crippen molar-refractivity contribution >= 4 is 11.7 Å². The third-order valence-corrected chi connectivity index (χ3v) is 5.20. The van der Waals surface area contributed by atoms with Gasteiger partial charge in [-0.1, -0.05) is 37.1 Å². The first kappa shape index (κ1) is 18.0. The molecule has 2 aromatic carbocycles. The molecule has 0 spiro atoms. The summed E-state index contributed by atoms with van der Waals surface area (Å²) in [6.45, 7) is 5.38. The fraction of sp³-hybridized carbons (Fsp3) is 0.318. The quantitative estimate of drug-likeness (QED) is 0.807. The Kier molecular flexibility index (Phi) is 5.01. The fourth-order valence-electron chi connectivity index (χ4n) is 3.43. The van der Waals surface area contributed by atoms with Crippen molar-refractivity contribution < 1.29 is 4.79 Å². The number of hydrogen-bond acceptors (Lipinski definition) is 2. The number of hydrogen-bond donors (Lipinski definition) is 2. The molecule has 1 aliphatic heterocycles. The van der Waals surface area contributed by atoms with Gasteiger partial charge in [-0.25, -0.2) is 4.79 Å². The average Bonchev–Trinajstić information content (AvgIpc) is 2.67. The number of nitrogens with one attached hydrogen (secondary N) is 1. The van der Waals surface area contributed by atoms with E-state index in [1.807, 2.05) is 31.2 Å². The van der Waals surface area contributed by atoms with Crippen LogP contribution in [0.25, 0.3) is 0 Å². The van der Waals surface area contributed by atoms with Crippen molar-refractivity contribution in [1.82, 2.24) is 4.90 Å². The van der Waals surface area contributed by atoms with Crippen molar-refractivity contribution in [2.45, 2.75) is 38.8 Å². The number of nitrogens with zero attached hydrogens (tertiary/aromatic N) is 1.